The van der Waals surface area contributed by atoms with Crippen LogP contribution in [0.15, 0.2) is 36.5 Å². The van der Waals surface area contributed by atoms with Gasteiger partial charge < -0.3 is 14.2 Å². The first-order chi connectivity index (χ1) is 32.5. The average Bonchev–Trinajstić information content (AvgIpc) is 3.31. The lowest BCUT2D eigenvalue weighted by atomic mass is 10.0. The molecule has 0 aliphatic rings. The molecule has 0 aliphatic carbocycles. The van der Waals surface area contributed by atoms with Crippen LogP contribution in [0.5, 0.6) is 0 Å². The second kappa shape index (κ2) is 55.2. The second-order valence-electron chi connectivity index (χ2n) is 19.5. The van der Waals surface area contributed by atoms with E-state index in [0.717, 1.165) is 77.0 Å². The van der Waals surface area contributed by atoms with Crippen LogP contribution in [0.3, 0.4) is 0 Å². The quantitative estimate of drug-likeness (QED) is 0.0262. The fraction of sp³-hybridized carbons (Fsp3) is 0.850. The molecule has 1 atom stereocenters. The number of carbonyl (C=O) groups excluding carboxylic acids is 3. The first-order valence-corrected chi connectivity index (χ1v) is 29.0. The van der Waals surface area contributed by atoms with Crippen LogP contribution in [-0.4, -0.2) is 37.2 Å². The van der Waals surface area contributed by atoms with Crippen molar-refractivity contribution in [3.63, 3.8) is 0 Å². The van der Waals surface area contributed by atoms with Crippen molar-refractivity contribution >= 4 is 17.9 Å². The van der Waals surface area contributed by atoms with Gasteiger partial charge in [0.1, 0.15) is 13.2 Å². The molecule has 0 heterocycles. The van der Waals surface area contributed by atoms with Gasteiger partial charge in [0.15, 0.2) is 6.10 Å². The SMILES string of the molecule is CC/C=C\C/C=C\C/C=C\CCCCCCCCCCCC(=O)OCC(COC(=O)CCCCCCCCCCCC)OC(=O)CCCCCCCCCCCCCCCCCCCCC. The number of allylic oxidation sites excluding steroid dienone is 6. The number of carbonyl (C=O) groups is 3. The fourth-order valence-electron chi connectivity index (χ4n) is 8.58. The highest BCUT2D eigenvalue weighted by Crippen LogP contribution is 2.17. The van der Waals surface area contributed by atoms with Crippen molar-refractivity contribution in [2.45, 2.75) is 316 Å². The van der Waals surface area contributed by atoms with E-state index < -0.39 is 6.10 Å². The summed E-state index contributed by atoms with van der Waals surface area (Å²) < 4.78 is 16.9. The predicted octanol–water partition coefficient (Wildman–Crippen LogP) is 19.3. The van der Waals surface area contributed by atoms with E-state index in [-0.39, 0.29) is 31.1 Å². The third kappa shape index (κ3) is 52.6. The highest BCUT2D eigenvalue weighted by atomic mass is 16.6. The van der Waals surface area contributed by atoms with E-state index in [2.05, 4.69) is 57.2 Å². The molecule has 0 fully saturated rings. The van der Waals surface area contributed by atoms with Gasteiger partial charge in [-0.1, -0.05) is 276 Å². The van der Waals surface area contributed by atoms with Gasteiger partial charge in [0.2, 0.25) is 0 Å². The molecule has 0 spiro atoms. The van der Waals surface area contributed by atoms with Crippen LogP contribution in [0, 0.1) is 0 Å². The number of rotatable bonds is 53. The molecule has 0 radical (unpaired) electrons. The molecule has 0 aromatic heterocycles. The summed E-state index contributed by atoms with van der Waals surface area (Å²) in [4.78, 5) is 38.1. The fourth-order valence-corrected chi connectivity index (χ4v) is 8.58. The normalized spacial score (nSPS) is 12.2. The largest absolute Gasteiger partial charge is 0.462 e. The number of ether oxygens (including phenoxy) is 3. The van der Waals surface area contributed by atoms with Gasteiger partial charge in [0.05, 0.1) is 0 Å². The Balaban J connectivity index is 4.26. The van der Waals surface area contributed by atoms with Crippen molar-refractivity contribution in [1.82, 2.24) is 0 Å². The summed E-state index contributed by atoms with van der Waals surface area (Å²) in [6, 6.07) is 0. The Bertz CT molecular complexity index is 1110. The zero-order valence-electron chi connectivity index (χ0n) is 44.2. The van der Waals surface area contributed by atoms with Crippen molar-refractivity contribution in [3.8, 4) is 0 Å². The van der Waals surface area contributed by atoms with Crippen molar-refractivity contribution in [2.75, 3.05) is 13.2 Å². The highest BCUT2D eigenvalue weighted by molar-refractivity contribution is 5.71. The van der Waals surface area contributed by atoms with Gasteiger partial charge in [-0.15, -0.1) is 0 Å². The molecule has 386 valence electrons. The molecule has 0 amide bonds. The Morgan fingerprint density at radius 3 is 0.924 bits per heavy atom. The molecule has 0 bridgehead atoms. The number of esters is 3. The number of hydrogen-bond donors (Lipinski definition) is 0. The molecule has 0 saturated heterocycles. The van der Waals surface area contributed by atoms with Gasteiger partial charge in [0, 0.05) is 19.3 Å². The summed E-state index contributed by atoms with van der Waals surface area (Å²) in [5, 5.41) is 0. The summed E-state index contributed by atoms with van der Waals surface area (Å²) in [5.41, 5.74) is 0. The minimum atomic E-state index is -0.769. The molecule has 1 unspecified atom stereocenters. The van der Waals surface area contributed by atoms with Gasteiger partial charge in [-0.25, -0.2) is 0 Å². The first-order valence-electron chi connectivity index (χ1n) is 29.0. The van der Waals surface area contributed by atoms with Gasteiger partial charge in [-0.3, -0.25) is 14.4 Å². The molecule has 0 rings (SSSR count). The standard InChI is InChI=1S/C60H110O6/c1-4-7-10-13-16-19-22-24-26-28-30-32-34-36-38-41-44-47-50-53-59(62)65-56-57(55-64-58(61)52-49-46-43-40-21-18-15-12-9-6-3)66-60(63)54-51-48-45-42-39-37-35-33-31-29-27-25-23-20-17-14-11-8-5-2/h7,10,16,19,24,26,57H,4-6,8-9,11-15,17-18,20-23,25,27-56H2,1-3H3/b10-7-,19-16-,26-24-. The smallest absolute Gasteiger partial charge is 0.306 e. The molecule has 6 nitrogen and oxygen atoms in total. The molecular formula is C60H110O6. The highest BCUT2D eigenvalue weighted by Gasteiger charge is 2.19. The van der Waals surface area contributed by atoms with E-state index in [1.165, 1.54) is 193 Å². The summed E-state index contributed by atoms with van der Waals surface area (Å²) in [6.45, 7) is 6.56. The lowest BCUT2D eigenvalue weighted by molar-refractivity contribution is -0.167. The number of unbranched alkanes of at least 4 members (excludes halogenated alkanes) is 36. The zero-order chi connectivity index (χ0) is 47.9. The molecule has 0 N–H and O–H groups in total. The van der Waals surface area contributed by atoms with Crippen LogP contribution in [-0.2, 0) is 28.6 Å². The average molecular weight is 928 g/mol. The summed E-state index contributed by atoms with van der Waals surface area (Å²) in [6.07, 6.45) is 65.7. The lowest BCUT2D eigenvalue weighted by Gasteiger charge is -2.18. The molecule has 0 saturated carbocycles. The third-order valence-corrected chi connectivity index (χ3v) is 12.9. The first kappa shape index (κ1) is 63.6. The second-order valence-corrected chi connectivity index (χ2v) is 19.5. The molecule has 0 aliphatic heterocycles. The van der Waals surface area contributed by atoms with Gasteiger partial charge in [-0.2, -0.15) is 0 Å². The van der Waals surface area contributed by atoms with Gasteiger partial charge in [-0.05, 0) is 51.4 Å². The maximum absolute atomic E-state index is 12.8. The van der Waals surface area contributed by atoms with E-state index in [4.69, 9.17) is 14.2 Å². The van der Waals surface area contributed by atoms with E-state index in [9.17, 15) is 14.4 Å². The van der Waals surface area contributed by atoms with Crippen LogP contribution >= 0.6 is 0 Å². The van der Waals surface area contributed by atoms with Crippen LogP contribution < -0.4 is 0 Å². The van der Waals surface area contributed by atoms with E-state index in [1.807, 2.05) is 0 Å². The Morgan fingerprint density at radius 2 is 0.591 bits per heavy atom. The Kier molecular flexibility index (Phi) is 53.2. The summed E-state index contributed by atoms with van der Waals surface area (Å²) >= 11 is 0. The van der Waals surface area contributed by atoms with Crippen molar-refractivity contribution in [1.29, 1.82) is 0 Å². The Labute approximate surface area is 410 Å². The molecular weight excluding hydrogens is 817 g/mol. The topological polar surface area (TPSA) is 78.9 Å². The maximum Gasteiger partial charge on any atom is 0.306 e. The molecule has 66 heavy (non-hydrogen) atoms. The predicted molar refractivity (Wildman–Crippen MR) is 284 cm³/mol. The molecule has 0 aromatic carbocycles. The van der Waals surface area contributed by atoms with Crippen molar-refractivity contribution < 1.29 is 28.6 Å². The van der Waals surface area contributed by atoms with Gasteiger partial charge >= 0.3 is 17.9 Å². The third-order valence-electron chi connectivity index (χ3n) is 12.9. The number of hydrogen-bond acceptors (Lipinski definition) is 6. The van der Waals surface area contributed by atoms with E-state index >= 15 is 0 Å². The molecule has 6 heteroatoms. The van der Waals surface area contributed by atoms with E-state index in [0.29, 0.717) is 19.3 Å². The maximum atomic E-state index is 12.8. The Morgan fingerprint density at radius 1 is 0.318 bits per heavy atom. The van der Waals surface area contributed by atoms with Crippen molar-refractivity contribution in [3.05, 3.63) is 36.5 Å². The minimum Gasteiger partial charge on any atom is -0.462 e. The monoisotopic (exact) mass is 927 g/mol. The van der Waals surface area contributed by atoms with Crippen LogP contribution in [0.4, 0.5) is 0 Å². The van der Waals surface area contributed by atoms with E-state index in [1.54, 1.807) is 0 Å². The Hall–Kier alpha value is -2.37. The van der Waals surface area contributed by atoms with Crippen LogP contribution in [0.2, 0.25) is 0 Å². The molecule has 0 aromatic rings. The minimum absolute atomic E-state index is 0.0689. The van der Waals surface area contributed by atoms with Crippen LogP contribution in [0.25, 0.3) is 0 Å². The lowest BCUT2D eigenvalue weighted by Crippen LogP contribution is -2.30. The van der Waals surface area contributed by atoms with Gasteiger partial charge in [0.25, 0.3) is 0 Å². The zero-order valence-corrected chi connectivity index (χ0v) is 44.2. The van der Waals surface area contributed by atoms with Crippen LogP contribution in [0.1, 0.15) is 310 Å². The summed E-state index contributed by atoms with van der Waals surface area (Å²) in [5.74, 6) is -0.857. The van der Waals surface area contributed by atoms with Crippen molar-refractivity contribution in [2.24, 2.45) is 0 Å². The summed E-state index contributed by atoms with van der Waals surface area (Å²) in [7, 11) is 0.